The summed E-state index contributed by atoms with van der Waals surface area (Å²) in [7, 11) is 0. The molecule has 0 spiro atoms. The molecule has 1 aliphatic heterocycles. The Morgan fingerprint density at radius 2 is 1.39 bits per heavy atom. The van der Waals surface area contributed by atoms with Gasteiger partial charge in [-0.3, -0.25) is 0 Å². The van der Waals surface area contributed by atoms with E-state index in [0.29, 0.717) is 0 Å². The molecule has 0 saturated carbocycles. The monoisotopic (exact) mass is 344 g/mol. The number of aliphatic hydroxyl groups is 9. The maximum atomic E-state index is 9.83. The first-order valence-electron chi connectivity index (χ1n) is 7.00. The lowest BCUT2D eigenvalue weighted by Crippen LogP contribution is -2.61. The summed E-state index contributed by atoms with van der Waals surface area (Å²) >= 11 is 0. The van der Waals surface area contributed by atoms with Gasteiger partial charge in [-0.2, -0.15) is 0 Å². The van der Waals surface area contributed by atoms with Gasteiger partial charge in [-0.25, -0.2) is 0 Å². The lowest BCUT2D eigenvalue weighted by atomic mass is 9.98. The summed E-state index contributed by atoms with van der Waals surface area (Å²) in [5.41, 5.74) is 0. The minimum absolute atomic E-state index is 0.708. The maximum absolute atomic E-state index is 9.83. The molecule has 9 atom stereocenters. The van der Waals surface area contributed by atoms with Gasteiger partial charge < -0.3 is 55.4 Å². The number of hydrogen-bond donors (Lipinski definition) is 9. The minimum Gasteiger partial charge on any atom is -0.394 e. The molecule has 11 nitrogen and oxygen atoms in total. The van der Waals surface area contributed by atoms with Gasteiger partial charge in [0.15, 0.2) is 6.29 Å². The van der Waals surface area contributed by atoms with Crippen molar-refractivity contribution in [1.29, 1.82) is 0 Å². The lowest BCUT2D eigenvalue weighted by molar-refractivity contribution is -0.327. The largest absolute Gasteiger partial charge is 0.394 e. The molecule has 23 heavy (non-hydrogen) atoms. The average molecular weight is 344 g/mol. The molecule has 0 radical (unpaired) electrons. The van der Waals surface area contributed by atoms with E-state index in [-0.39, 0.29) is 0 Å². The molecule has 11 heteroatoms. The number of ether oxygens (including phenoxy) is 2. The SMILES string of the molecule is OC[C@@H](O)[C@@H](O)[C@H](O[C@@H]1O[C@H](CO)[C@@H](O)[C@H](O)[C@@H]1O)[C@H](O)CO. The zero-order chi connectivity index (χ0) is 17.7. The number of hydrogen-bond acceptors (Lipinski definition) is 11. The van der Waals surface area contributed by atoms with Crippen molar-refractivity contribution >= 4 is 0 Å². The molecule has 0 aromatic carbocycles. The Bertz CT molecular complexity index is 341. The summed E-state index contributed by atoms with van der Waals surface area (Å²) in [5.74, 6) is 0. The van der Waals surface area contributed by atoms with Gasteiger partial charge in [0, 0.05) is 0 Å². The summed E-state index contributed by atoms with van der Waals surface area (Å²) in [6, 6.07) is 0. The highest BCUT2D eigenvalue weighted by Crippen LogP contribution is 2.24. The highest BCUT2D eigenvalue weighted by molar-refractivity contribution is 4.91. The zero-order valence-electron chi connectivity index (χ0n) is 12.2. The number of rotatable bonds is 8. The van der Waals surface area contributed by atoms with Gasteiger partial charge in [-0.05, 0) is 0 Å². The topological polar surface area (TPSA) is 201 Å². The summed E-state index contributed by atoms with van der Waals surface area (Å²) < 4.78 is 10.1. The van der Waals surface area contributed by atoms with E-state index in [0.717, 1.165) is 0 Å². The van der Waals surface area contributed by atoms with Crippen molar-refractivity contribution in [2.75, 3.05) is 19.8 Å². The standard InChI is InChI=1S/C12H24O11/c13-1-4(16)7(18)11(5(17)2-14)23-12-10(21)9(20)8(19)6(3-15)22-12/h4-21H,1-3H2/t4-,5-,6-,7-,8-,9+,10+,11-,12+/m1/s1. The molecule has 1 heterocycles. The van der Waals surface area contributed by atoms with Crippen LogP contribution in [0.3, 0.4) is 0 Å². The Hall–Kier alpha value is -0.440. The maximum Gasteiger partial charge on any atom is 0.187 e. The van der Waals surface area contributed by atoms with Crippen molar-refractivity contribution in [3.05, 3.63) is 0 Å². The van der Waals surface area contributed by atoms with Gasteiger partial charge in [0.25, 0.3) is 0 Å². The van der Waals surface area contributed by atoms with E-state index in [1.54, 1.807) is 0 Å². The molecular formula is C12H24O11. The Balaban J connectivity index is 2.89. The van der Waals surface area contributed by atoms with E-state index < -0.39 is 74.9 Å². The fourth-order valence-corrected chi connectivity index (χ4v) is 2.16. The molecule has 0 bridgehead atoms. The van der Waals surface area contributed by atoms with Crippen LogP contribution >= 0.6 is 0 Å². The molecule has 1 rings (SSSR count). The van der Waals surface area contributed by atoms with E-state index in [1.807, 2.05) is 0 Å². The van der Waals surface area contributed by atoms with Crippen LogP contribution in [0, 0.1) is 0 Å². The van der Waals surface area contributed by atoms with Gasteiger partial charge in [0.1, 0.15) is 48.8 Å². The van der Waals surface area contributed by atoms with Crippen molar-refractivity contribution in [2.45, 2.75) is 55.1 Å². The van der Waals surface area contributed by atoms with Crippen molar-refractivity contribution in [2.24, 2.45) is 0 Å². The van der Waals surface area contributed by atoms with Crippen LogP contribution in [0.15, 0.2) is 0 Å². The third kappa shape index (κ3) is 4.78. The van der Waals surface area contributed by atoms with E-state index in [9.17, 15) is 30.6 Å². The van der Waals surface area contributed by atoms with Crippen LogP contribution in [0.25, 0.3) is 0 Å². The number of aliphatic hydroxyl groups excluding tert-OH is 9. The lowest BCUT2D eigenvalue weighted by Gasteiger charge is -2.42. The fourth-order valence-electron chi connectivity index (χ4n) is 2.16. The van der Waals surface area contributed by atoms with E-state index in [4.69, 9.17) is 24.8 Å². The molecular weight excluding hydrogens is 320 g/mol. The van der Waals surface area contributed by atoms with Crippen LogP contribution in [0.1, 0.15) is 0 Å². The summed E-state index contributed by atoms with van der Waals surface area (Å²) in [6.07, 6.45) is -15.1. The second-order valence-corrected chi connectivity index (χ2v) is 5.29. The van der Waals surface area contributed by atoms with Crippen molar-refractivity contribution < 1.29 is 55.4 Å². The van der Waals surface area contributed by atoms with Crippen LogP contribution < -0.4 is 0 Å². The Morgan fingerprint density at radius 3 is 1.87 bits per heavy atom. The molecule has 0 aromatic heterocycles. The van der Waals surface area contributed by atoms with E-state index >= 15 is 0 Å². The predicted octanol–water partition coefficient (Wildman–Crippen LogP) is -5.76. The fraction of sp³-hybridized carbons (Fsp3) is 1.00. The second-order valence-electron chi connectivity index (χ2n) is 5.29. The Labute approximate surface area is 131 Å². The molecule has 0 unspecified atom stereocenters. The predicted molar refractivity (Wildman–Crippen MR) is 70.8 cm³/mol. The summed E-state index contributed by atoms with van der Waals surface area (Å²) in [6.45, 7) is -2.45. The van der Waals surface area contributed by atoms with E-state index in [1.165, 1.54) is 0 Å². The van der Waals surface area contributed by atoms with Crippen molar-refractivity contribution in [1.82, 2.24) is 0 Å². The summed E-state index contributed by atoms with van der Waals surface area (Å²) in [5, 5.41) is 84.9. The van der Waals surface area contributed by atoms with Crippen LogP contribution in [0.2, 0.25) is 0 Å². The van der Waals surface area contributed by atoms with Crippen LogP contribution in [0.4, 0.5) is 0 Å². The molecule has 0 aliphatic carbocycles. The van der Waals surface area contributed by atoms with Crippen LogP contribution in [-0.2, 0) is 9.47 Å². The first kappa shape index (κ1) is 20.6. The zero-order valence-corrected chi connectivity index (χ0v) is 12.2. The second kappa shape index (κ2) is 9.15. The smallest absolute Gasteiger partial charge is 0.187 e. The van der Waals surface area contributed by atoms with Crippen molar-refractivity contribution in [3.8, 4) is 0 Å². The van der Waals surface area contributed by atoms with Crippen LogP contribution in [0.5, 0.6) is 0 Å². The van der Waals surface area contributed by atoms with Gasteiger partial charge >= 0.3 is 0 Å². The molecule has 138 valence electrons. The van der Waals surface area contributed by atoms with Gasteiger partial charge in [-0.1, -0.05) is 0 Å². The molecule has 1 saturated heterocycles. The van der Waals surface area contributed by atoms with Crippen LogP contribution in [-0.4, -0.2) is 121 Å². The highest BCUT2D eigenvalue weighted by Gasteiger charge is 2.46. The third-order valence-electron chi connectivity index (χ3n) is 3.62. The minimum atomic E-state index is -1.85. The first-order valence-corrected chi connectivity index (χ1v) is 7.00. The Morgan fingerprint density at radius 1 is 0.826 bits per heavy atom. The quantitative estimate of drug-likeness (QED) is 0.203. The molecule has 0 aromatic rings. The molecule has 1 fully saturated rings. The Kier molecular flexibility index (Phi) is 8.20. The highest BCUT2D eigenvalue weighted by atomic mass is 16.7. The average Bonchev–Trinajstić information content (AvgIpc) is 2.57. The summed E-state index contributed by atoms with van der Waals surface area (Å²) in [4.78, 5) is 0. The van der Waals surface area contributed by atoms with Gasteiger partial charge in [0.2, 0.25) is 0 Å². The van der Waals surface area contributed by atoms with E-state index in [2.05, 4.69) is 0 Å². The molecule has 1 aliphatic rings. The molecule has 0 amide bonds. The van der Waals surface area contributed by atoms with Crippen molar-refractivity contribution in [3.63, 3.8) is 0 Å². The normalized spacial score (nSPS) is 37.2. The third-order valence-corrected chi connectivity index (χ3v) is 3.62. The van der Waals surface area contributed by atoms with Gasteiger partial charge in [-0.15, -0.1) is 0 Å². The van der Waals surface area contributed by atoms with Gasteiger partial charge in [0.05, 0.1) is 19.8 Å². The molecule has 9 N–H and O–H groups in total. The first-order chi connectivity index (χ1) is 10.8.